The van der Waals surface area contributed by atoms with E-state index in [-0.39, 0.29) is 0 Å². The van der Waals surface area contributed by atoms with Crippen LogP contribution in [0.25, 0.3) is 0 Å². The fourth-order valence-corrected chi connectivity index (χ4v) is 2.82. The van der Waals surface area contributed by atoms with E-state index in [4.69, 9.17) is 0 Å². The Morgan fingerprint density at radius 1 is 1.24 bits per heavy atom. The molecule has 0 bridgehead atoms. The minimum Gasteiger partial charge on any atom is -0.306 e. The maximum atomic E-state index is 3.54. The van der Waals surface area contributed by atoms with Crippen molar-refractivity contribution in [2.24, 2.45) is 0 Å². The Balaban J connectivity index is 1.89. The van der Waals surface area contributed by atoms with E-state index < -0.39 is 0 Å². The second-order valence-corrected chi connectivity index (χ2v) is 5.67. The standard InChI is InChI=1S/C14H17NS2/c1-11(13-7-8-17-10-13)15-9-12-3-5-14(16-2)6-4-12/h3-8,10-11,15H,9H2,1-2H3. The van der Waals surface area contributed by atoms with Gasteiger partial charge in [0, 0.05) is 17.5 Å². The predicted molar refractivity (Wildman–Crippen MR) is 77.8 cm³/mol. The van der Waals surface area contributed by atoms with Crippen LogP contribution in [0.3, 0.4) is 0 Å². The summed E-state index contributed by atoms with van der Waals surface area (Å²) in [6.07, 6.45) is 2.10. The molecule has 0 fully saturated rings. The molecule has 1 heterocycles. The Morgan fingerprint density at radius 2 is 2.00 bits per heavy atom. The van der Waals surface area contributed by atoms with E-state index in [1.165, 1.54) is 16.0 Å². The maximum Gasteiger partial charge on any atom is 0.0303 e. The lowest BCUT2D eigenvalue weighted by Crippen LogP contribution is -2.17. The minimum absolute atomic E-state index is 0.418. The van der Waals surface area contributed by atoms with Gasteiger partial charge in [-0.1, -0.05) is 12.1 Å². The van der Waals surface area contributed by atoms with E-state index in [2.05, 4.69) is 59.6 Å². The first-order valence-corrected chi connectivity index (χ1v) is 7.85. The molecule has 0 amide bonds. The van der Waals surface area contributed by atoms with Crippen LogP contribution in [0, 0.1) is 0 Å². The molecule has 0 aliphatic heterocycles. The molecule has 0 spiro atoms. The lowest BCUT2D eigenvalue weighted by molar-refractivity contribution is 0.576. The number of thiophene rings is 1. The highest BCUT2D eigenvalue weighted by Gasteiger charge is 2.04. The van der Waals surface area contributed by atoms with Gasteiger partial charge in [0.25, 0.3) is 0 Å². The predicted octanol–water partition coefficient (Wildman–Crippen LogP) is 4.32. The maximum absolute atomic E-state index is 3.54. The van der Waals surface area contributed by atoms with Gasteiger partial charge < -0.3 is 5.32 Å². The highest BCUT2D eigenvalue weighted by atomic mass is 32.2. The topological polar surface area (TPSA) is 12.0 Å². The van der Waals surface area contributed by atoms with Crippen molar-refractivity contribution in [1.82, 2.24) is 5.32 Å². The number of nitrogens with one attached hydrogen (secondary N) is 1. The lowest BCUT2D eigenvalue weighted by Gasteiger charge is -2.12. The number of rotatable bonds is 5. The molecule has 0 saturated heterocycles. The van der Waals surface area contributed by atoms with Gasteiger partial charge in [-0.05, 0) is 53.3 Å². The Labute approximate surface area is 111 Å². The van der Waals surface area contributed by atoms with Gasteiger partial charge in [-0.25, -0.2) is 0 Å². The van der Waals surface area contributed by atoms with Gasteiger partial charge in [0.1, 0.15) is 0 Å². The number of benzene rings is 1. The van der Waals surface area contributed by atoms with Crippen molar-refractivity contribution in [2.75, 3.05) is 6.26 Å². The summed E-state index contributed by atoms with van der Waals surface area (Å²) in [5, 5.41) is 7.87. The van der Waals surface area contributed by atoms with Crippen molar-refractivity contribution in [2.45, 2.75) is 24.4 Å². The average molecular weight is 263 g/mol. The van der Waals surface area contributed by atoms with Crippen molar-refractivity contribution in [3.05, 3.63) is 52.2 Å². The van der Waals surface area contributed by atoms with Crippen molar-refractivity contribution in [1.29, 1.82) is 0 Å². The highest BCUT2D eigenvalue weighted by molar-refractivity contribution is 7.98. The van der Waals surface area contributed by atoms with E-state index in [0.717, 1.165) is 6.54 Å². The third-order valence-electron chi connectivity index (χ3n) is 2.81. The van der Waals surface area contributed by atoms with Crippen LogP contribution in [0.1, 0.15) is 24.1 Å². The number of hydrogen-bond acceptors (Lipinski definition) is 3. The highest BCUT2D eigenvalue weighted by Crippen LogP contribution is 2.17. The average Bonchev–Trinajstić information content (AvgIpc) is 2.90. The molecule has 0 radical (unpaired) electrons. The fourth-order valence-electron chi connectivity index (χ4n) is 1.65. The van der Waals surface area contributed by atoms with E-state index in [1.807, 2.05) is 0 Å². The lowest BCUT2D eigenvalue weighted by atomic mass is 10.1. The van der Waals surface area contributed by atoms with Crippen LogP contribution in [0.4, 0.5) is 0 Å². The van der Waals surface area contributed by atoms with Gasteiger partial charge in [0.2, 0.25) is 0 Å². The Hall–Kier alpha value is -0.770. The number of hydrogen-bond donors (Lipinski definition) is 1. The molecule has 1 unspecified atom stereocenters. The summed E-state index contributed by atoms with van der Waals surface area (Å²) in [6.45, 7) is 3.13. The monoisotopic (exact) mass is 263 g/mol. The molecule has 0 aliphatic rings. The fraction of sp³-hybridized carbons (Fsp3) is 0.286. The third kappa shape index (κ3) is 3.60. The van der Waals surface area contributed by atoms with Gasteiger partial charge in [-0.3, -0.25) is 0 Å². The van der Waals surface area contributed by atoms with Crippen molar-refractivity contribution < 1.29 is 0 Å². The second-order valence-electron chi connectivity index (χ2n) is 4.01. The van der Waals surface area contributed by atoms with Crippen LogP contribution in [0.2, 0.25) is 0 Å². The first-order valence-electron chi connectivity index (χ1n) is 5.68. The molecule has 17 heavy (non-hydrogen) atoms. The van der Waals surface area contributed by atoms with E-state index in [9.17, 15) is 0 Å². The first kappa shape index (κ1) is 12.7. The normalized spacial score (nSPS) is 12.6. The molecule has 1 N–H and O–H groups in total. The summed E-state index contributed by atoms with van der Waals surface area (Å²) >= 11 is 3.53. The van der Waals surface area contributed by atoms with Crippen LogP contribution in [0.15, 0.2) is 46.0 Å². The van der Waals surface area contributed by atoms with Crippen molar-refractivity contribution in [3.8, 4) is 0 Å². The Morgan fingerprint density at radius 3 is 2.59 bits per heavy atom. The Kier molecular flexibility index (Phi) is 4.66. The zero-order chi connectivity index (χ0) is 12.1. The third-order valence-corrected chi connectivity index (χ3v) is 4.26. The van der Waals surface area contributed by atoms with E-state index in [1.54, 1.807) is 23.1 Å². The van der Waals surface area contributed by atoms with Crippen LogP contribution >= 0.6 is 23.1 Å². The summed E-state index contributed by atoms with van der Waals surface area (Å²) in [7, 11) is 0. The number of thioether (sulfide) groups is 1. The van der Waals surface area contributed by atoms with E-state index >= 15 is 0 Å². The SMILES string of the molecule is CSc1ccc(CNC(C)c2ccsc2)cc1. The molecule has 1 aromatic heterocycles. The molecule has 90 valence electrons. The zero-order valence-electron chi connectivity index (χ0n) is 10.1. The molecule has 2 rings (SSSR count). The molecule has 1 aromatic carbocycles. The van der Waals surface area contributed by atoms with Gasteiger partial charge in [0.05, 0.1) is 0 Å². The van der Waals surface area contributed by atoms with Gasteiger partial charge >= 0.3 is 0 Å². The summed E-state index contributed by atoms with van der Waals surface area (Å²) in [5.74, 6) is 0. The van der Waals surface area contributed by atoms with Crippen molar-refractivity contribution >= 4 is 23.1 Å². The summed E-state index contributed by atoms with van der Waals surface area (Å²) in [5.41, 5.74) is 2.71. The first-order chi connectivity index (χ1) is 8.29. The molecule has 3 heteroatoms. The molecular weight excluding hydrogens is 246 g/mol. The molecular formula is C14H17NS2. The molecule has 1 nitrogen and oxygen atoms in total. The van der Waals surface area contributed by atoms with Crippen LogP contribution < -0.4 is 5.32 Å². The summed E-state index contributed by atoms with van der Waals surface area (Å²) in [4.78, 5) is 1.32. The van der Waals surface area contributed by atoms with E-state index in [0.29, 0.717) is 6.04 Å². The largest absolute Gasteiger partial charge is 0.306 e. The van der Waals surface area contributed by atoms with Gasteiger partial charge in [0.15, 0.2) is 0 Å². The summed E-state index contributed by atoms with van der Waals surface area (Å²) < 4.78 is 0. The second kappa shape index (κ2) is 6.24. The zero-order valence-corrected chi connectivity index (χ0v) is 11.8. The molecule has 1 atom stereocenters. The summed E-state index contributed by atoms with van der Waals surface area (Å²) in [6, 6.07) is 11.3. The quantitative estimate of drug-likeness (QED) is 0.806. The van der Waals surface area contributed by atoms with Gasteiger partial charge in [-0.15, -0.1) is 11.8 Å². The molecule has 0 aliphatic carbocycles. The van der Waals surface area contributed by atoms with Crippen LogP contribution in [-0.2, 0) is 6.54 Å². The van der Waals surface area contributed by atoms with Gasteiger partial charge in [-0.2, -0.15) is 11.3 Å². The molecule has 2 aromatic rings. The smallest absolute Gasteiger partial charge is 0.0303 e. The van der Waals surface area contributed by atoms with Crippen LogP contribution in [0.5, 0.6) is 0 Å². The Bertz CT molecular complexity index is 434. The van der Waals surface area contributed by atoms with Crippen molar-refractivity contribution in [3.63, 3.8) is 0 Å². The van der Waals surface area contributed by atoms with Crippen LogP contribution in [-0.4, -0.2) is 6.26 Å². The molecule has 0 saturated carbocycles. The minimum atomic E-state index is 0.418.